The highest BCUT2D eigenvalue weighted by atomic mass is 32.2. The molecule has 0 saturated heterocycles. The molecule has 0 heterocycles. The maximum Gasteiger partial charge on any atom is 0.213 e. The summed E-state index contributed by atoms with van der Waals surface area (Å²) in [5.74, 6) is 0. The lowest BCUT2D eigenvalue weighted by molar-refractivity contribution is 0.428. The van der Waals surface area contributed by atoms with Crippen molar-refractivity contribution in [3.63, 3.8) is 0 Å². The maximum absolute atomic E-state index is 10.8. The first-order chi connectivity index (χ1) is 6.54. The highest BCUT2D eigenvalue weighted by Gasteiger charge is 2.25. The molecule has 1 rings (SSSR count). The van der Waals surface area contributed by atoms with E-state index in [1.54, 1.807) is 11.8 Å². The third-order valence-electron chi connectivity index (χ3n) is 1.89. The zero-order valence-electron chi connectivity index (χ0n) is 8.78. The standard InChI is InChI=1S/C12H15OS/c1-12(2,3)11(9-13)14-10-7-5-4-6-8-10/h4-8,11H,1-3H3. The minimum atomic E-state index is -0.107. The molecule has 1 unspecified atom stereocenters. The van der Waals surface area contributed by atoms with Crippen LogP contribution in [0, 0.1) is 5.41 Å². The lowest BCUT2D eigenvalue weighted by Gasteiger charge is -2.24. The number of rotatable bonds is 3. The molecule has 1 aromatic carbocycles. The van der Waals surface area contributed by atoms with Crippen molar-refractivity contribution in [1.82, 2.24) is 0 Å². The maximum atomic E-state index is 10.8. The van der Waals surface area contributed by atoms with Crippen molar-refractivity contribution < 1.29 is 4.79 Å². The van der Waals surface area contributed by atoms with Crippen LogP contribution in [0.5, 0.6) is 0 Å². The molecule has 0 fully saturated rings. The van der Waals surface area contributed by atoms with E-state index >= 15 is 0 Å². The summed E-state index contributed by atoms with van der Waals surface area (Å²) in [6.07, 6.45) is 2.10. The number of hydrogen-bond donors (Lipinski definition) is 0. The third kappa shape index (κ3) is 3.18. The lowest BCUT2D eigenvalue weighted by Crippen LogP contribution is -2.24. The molecular weight excluding hydrogens is 192 g/mol. The smallest absolute Gasteiger partial charge is 0.213 e. The summed E-state index contributed by atoms with van der Waals surface area (Å²) in [5, 5.41) is -0.107. The van der Waals surface area contributed by atoms with Gasteiger partial charge in [0.05, 0.1) is 5.25 Å². The molecule has 75 valence electrons. The van der Waals surface area contributed by atoms with Gasteiger partial charge in [-0.2, -0.15) is 0 Å². The van der Waals surface area contributed by atoms with Crippen molar-refractivity contribution in [3.05, 3.63) is 30.3 Å². The third-order valence-corrected chi connectivity index (χ3v) is 3.47. The van der Waals surface area contributed by atoms with Crippen LogP contribution < -0.4 is 0 Å². The summed E-state index contributed by atoms with van der Waals surface area (Å²) in [6, 6.07) is 9.96. The number of carbonyl (C=O) groups excluding carboxylic acids is 1. The average molecular weight is 207 g/mol. The fourth-order valence-electron chi connectivity index (χ4n) is 1.01. The Balaban J connectivity index is 2.72. The van der Waals surface area contributed by atoms with Gasteiger partial charge in [0, 0.05) is 4.90 Å². The van der Waals surface area contributed by atoms with Crippen molar-refractivity contribution >= 4 is 18.0 Å². The second kappa shape index (κ2) is 4.65. The van der Waals surface area contributed by atoms with E-state index in [0.29, 0.717) is 0 Å². The summed E-state index contributed by atoms with van der Waals surface area (Å²) in [7, 11) is 0. The zero-order chi connectivity index (χ0) is 10.6. The van der Waals surface area contributed by atoms with Gasteiger partial charge in [0.2, 0.25) is 6.29 Å². The van der Waals surface area contributed by atoms with Gasteiger partial charge in [-0.1, -0.05) is 39.0 Å². The minimum absolute atomic E-state index is 0.0394. The summed E-state index contributed by atoms with van der Waals surface area (Å²) < 4.78 is 0. The molecule has 1 nitrogen and oxygen atoms in total. The van der Waals surface area contributed by atoms with E-state index in [1.165, 1.54) is 0 Å². The van der Waals surface area contributed by atoms with Gasteiger partial charge in [0.1, 0.15) is 0 Å². The van der Waals surface area contributed by atoms with E-state index in [0.717, 1.165) is 4.90 Å². The average Bonchev–Trinajstić information content (AvgIpc) is 2.14. The van der Waals surface area contributed by atoms with Crippen LogP contribution in [-0.2, 0) is 4.79 Å². The fourth-order valence-corrected chi connectivity index (χ4v) is 2.00. The molecule has 0 N–H and O–H groups in total. The van der Waals surface area contributed by atoms with E-state index in [1.807, 2.05) is 30.3 Å². The Kier molecular flexibility index (Phi) is 3.76. The normalized spacial score (nSPS) is 13.6. The molecule has 0 aliphatic heterocycles. The second-order valence-corrected chi connectivity index (χ2v) is 5.47. The molecule has 1 aromatic rings. The topological polar surface area (TPSA) is 17.1 Å². The van der Waals surface area contributed by atoms with E-state index in [-0.39, 0.29) is 10.7 Å². The van der Waals surface area contributed by atoms with Gasteiger partial charge in [-0.3, -0.25) is 4.79 Å². The molecule has 0 aromatic heterocycles. The van der Waals surface area contributed by atoms with Gasteiger partial charge >= 0.3 is 0 Å². The quantitative estimate of drug-likeness (QED) is 0.707. The van der Waals surface area contributed by atoms with Crippen LogP contribution in [0.25, 0.3) is 0 Å². The monoisotopic (exact) mass is 207 g/mol. The number of benzene rings is 1. The van der Waals surface area contributed by atoms with Crippen molar-refractivity contribution in [2.24, 2.45) is 5.41 Å². The predicted molar refractivity (Wildman–Crippen MR) is 61.2 cm³/mol. The number of thioether (sulfide) groups is 1. The molecule has 0 bridgehead atoms. The SMILES string of the molecule is CC(C)(C)C([C]=O)Sc1ccccc1. The van der Waals surface area contributed by atoms with E-state index in [2.05, 4.69) is 27.1 Å². The zero-order valence-corrected chi connectivity index (χ0v) is 9.60. The van der Waals surface area contributed by atoms with Crippen molar-refractivity contribution in [2.75, 3.05) is 0 Å². The van der Waals surface area contributed by atoms with Crippen LogP contribution in [0.2, 0.25) is 0 Å². The second-order valence-electron chi connectivity index (χ2n) is 4.29. The van der Waals surface area contributed by atoms with E-state index < -0.39 is 0 Å². The first-order valence-corrected chi connectivity index (χ1v) is 5.51. The van der Waals surface area contributed by atoms with Gasteiger partial charge in [0.15, 0.2) is 0 Å². The summed E-state index contributed by atoms with van der Waals surface area (Å²) in [6.45, 7) is 6.16. The molecule has 14 heavy (non-hydrogen) atoms. The van der Waals surface area contributed by atoms with Crippen LogP contribution in [0.15, 0.2) is 35.2 Å². The Morgan fingerprint density at radius 1 is 1.21 bits per heavy atom. The van der Waals surface area contributed by atoms with Crippen LogP contribution >= 0.6 is 11.8 Å². The predicted octanol–water partition coefficient (Wildman–Crippen LogP) is 3.30. The van der Waals surface area contributed by atoms with Gasteiger partial charge in [-0.25, -0.2) is 0 Å². The van der Waals surface area contributed by atoms with Gasteiger partial charge in [-0.15, -0.1) is 11.8 Å². The van der Waals surface area contributed by atoms with Crippen LogP contribution in [0.3, 0.4) is 0 Å². The first kappa shape index (κ1) is 11.3. The molecule has 2 heteroatoms. The molecule has 1 atom stereocenters. The van der Waals surface area contributed by atoms with Crippen LogP contribution in [0.1, 0.15) is 20.8 Å². The molecule has 0 aliphatic carbocycles. The Bertz CT molecular complexity index is 287. The molecule has 0 amide bonds. The van der Waals surface area contributed by atoms with Gasteiger partial charge in [-0.05, 0) is 17.5 Å². The van der Waals surface area contributed by atoms with E-state index in [4.69, 9.17) is 0 Å². The summed E-state index contributed by atoms with van der Waals surface area (Å²) >= 11 is 1.57. The Labute approximate surface area is 89.9 Å². The van der Waals surface area contributed by atoms with Crippen molar-refractivity contribution in [2.45, 2.75) is 30.9 Å². The Hall–Kier alpha value is -0.760. The van der Waals surface area contributed by atoms with Gasteiger partial charge in [0.25, 0.3) is 0 Å². The Morgan fingerprint density at radius 2 is 1.79 bits per heavy atom. The minimum Gasteiger partial charge on any atom is -0.290 e. The first-order valence-electron chi connectivity index (χ1n) is 4.63. The van der Waals surface area contributed by atoms with Crippen LogP contribution in [-0.4, -0.2) is 11.5 Å². The number of hydrogen-bond acceptors (Lipinski definition) is 2. The molecular formula is C12H15OS. The van der Waals surface area contributed by atoms with Crippen molar-refractivity contribution in [1.29, 1.82) is 0 Å². The summed E-state index contributed by atoms with van der Waals surface area (Å²) in [5.41, 5.74) is -0.0394. The largest absolute Gasteiger partial charge is 0.290 e. The van der Waals surface area contributed by atoms with E-state index in [9.17, 15) is 4.79 Å². The van der Waals surface area contributed by atoms with Gasteiger partial charge < -0.3 is 0 Å². The fraction of sp³-hybridized carbons (Fsp3) is 0.417. The molecule has 0 aliphatic rings. The van der Waals surface area contributed by atoms with Crippen molar-refractivity contribution in [3.8, 4) is 0 Å². The molecule has 0 saturated carbocycles. The molecule has 0 spiro atoms. The lowest BCUT2D eigenvalue weighted by atomic mass is 9.93. The summed E-state index contributed by atoms with van der Waals surface area (Å²) in [4.78, 5) is 11.9. The molecule has 1 radical (unpaired) electrons. The van der Waals surface area contributed by atoms with Crippen LogP contribution in [0.4, 0.5) is 0 Å². The highest BCUT2D eigenvalue weighted by molar-refractivity contribution is 8.00. The highest BCUT2D eigenvalue weighted by Crippen LogP contribution is 2.33. The Morgan fingerprint density at radius 3 is 2.21 bits per heavy atom.